The second-order valence-corrected chi connectivity index (χ2v) is 4.21. The van der Waals surface area contributed by atoms with Gasteiger partial charge in [0.2, 0.25) is 0 Å². The molecule has 2 aromatic rings. The summed E-state index contributed by atoms with van der Waals surface area (Å²) in [5, 5.41) is 0. The average Bonchev–Trinajstić information content (AvgIpc) is 2.86. The van der Waals surface area contributed by atoms with E-state index in [0.29, 0.717) is 19.0 Å². The molecular formula is C13H18N4O2. The first-order valence-electron chi connectivity index (χ1n) is 5.98. The average molecular weight is 262 g/mol. The molecule has 0 fully saturated rings. The summed E-state index contributed by atoms with van der Waals surface area (Å²) in [7, 11) is 3.33. The Morgan fingerprint density at radius 3 is 2.95 bits per heavy atom. The molecule has 0 aliphatic heterocycles. The van der Waals surface area contributed by atoms with Crippen molar-refractivity contribution in [3.05, 3.63) is 30.9 Å². The maximum Gasteiger partial charge on any atom is 0.123 e. The van der Waals surface area contributed by atoms with Gasteiger partial charge < -0.3 is 19.8 Å². The predicted octanol–water partition coefficient (Wildman–Crippen LogP) is 1.19. The third kappa shape index (κ3) is 3.30. The molecule has 1 unspecified atom stereocenters. The lowest BCUT2D eigenvalue weighted by Gasteiger charge is -2.16. The molecule has 0 saturated carbocycles. The van der Waals surface area contributed by atoms with Crippen LogP contribution in [0, 0.1) is 0 Å². The number of pyridine rings is 1. The lowest BCUT2D eigenvalue weighted by Crippen LogP contribution is -2.23. The predicted molar refractivity (Wildman–Crippen MR) is 72.5 cm³/mol. The highest BCUT2D eigenvalue weighted by atomic mass is 16.5. The standard InChI is InChI=1S/C13H18N4O2/c1-18-8-11(19-2)7-17-9-15-6-12(17)10-3-4-16-13(14)5-10/h3-6,9,11H,7-8H2,1-2H3,(H2,14,16). The van der Waals surface area contributed by atoms with Crippen molar-refractivity contribution in [2.24, 2.45) is 0 Å². The first kappa shape index (κ1) is 13.5. The lowest BCUT2D eigenvalue weighted by molar-refractivity contribution is 0.0186. The summed E-state index contributed by atoms with van der Waals surface area (Å²) < 4.78 is 12.5. The van der Waals surface area contributed by atoms with Gasteiger partial charge in [0, 0.05) is 26.0 Å². The van der Waals surface area contributed by atoms with Crippen molar-refractivity contribution in [3.63, 3.8) is 0 Å². The van der Waals surface area contributed by atoms with Gasteiger partial charge in [-0.05, 0) is 12.1 Å². The van der Waals surface area contributed by atoms with Crippen molar-refractivity contribution in [1.82, 2.24) is 14.5 Å². The van der Waals surface area contributed by atoms with Crippen LogP contribution in [0.25, 0.3) is 11.3 Å². The molecule has 2 N–H and O–H groups in total. The third-order valence-corrected chi connectivity index (χ3v) is 2.88. The van der Waals surface area contributed by atoms with E-state index in [1.54, 1.807) is 32.9 Å². The smallest absolute Gasteiger partial charge is 0.123 e. The fourth-order valence-corrected chi connectivity index (χ4v) is 1.91. The van der Waals surface area contributed by atoms with Crippen LogP contribution in [-0.2, 0) is 16.0 Å². The number of hydrogen-bond acceptors (Lipinski definition) is 5. The van der Waals surface area contributed by atoms with Gasteiger partial charge in [-0.25, -0.2) is 9.97 Å². The monoisotopic (exact) mass is 262 g/mol. The van der Waals surface area contributed by atoms with E-state index in [1.165, 1.54) is 0 Å². The highest BCUT2D eigenvalue weighted by Gasteiger charge is 2.12. The molecule has 0 aromatic carbocycles. The molecule has 1 atom stereocenters. The number of nitrogen functional groups attached to an aromatic ring is 1. The Hall–Kier alpha value is -1.92. The quantitative estimate of drug-likeness (QED) is 0.846. The van der Waals surface area contributed by atoms with E-state index in [2.05, 4.69) is 9.97 Å². The topological polar surface area (TPSA) is 75.2 Å². The minimum absolute atomic E-state index is 0.0165. The molecule has 6 nitrogen and oxygen atoms in total. The maximum atomic E-state index is 5.70. The Bertz CT molecular complexity index is 527. The van der Waals surface area contributed by atoms with Crippen LogP contribution in [0.5, 0.6) is 0 Å². The fourth-order valence-electron chi connectivity index (χ4n) is 1.91. The summed E-state index contributed by atoms with van der Waals surface area (Å²) in [6.45, 7) is 1.20. The Labute approximate surface area is 112 Å². The fraction of sp³-hybridized carbons (Fsp3) is 0.385. The molecule has 6 heteroatoms. The number of anilines is 1. The molecule has 2 rings (SSSR count). The zero-order valence-corrected chi connectivity index (χ0v) is 11.1. The number of nitrogens with zero attached hydrogens (tertiary/aromatic N) is 3. The number of aromatic nitrogens is 3. The molecule has 19 heavy (non-hydrogen) atoms. The molecule has 2 aromatic heterocycles. The largest absolute Gasteiger partial charge is 0.384 e. The van der Waals surface area contributed by atoms with Crippen LogP contribution >= 0.6 is 0 Å². The van der Waals surface area contributed by atoms with E-state index >= 15 is 0 Å². The van der Waals surface area contributed by atoms with Gasteiger partial charge in [-0.2, -0.15) is 0 Å². The Kier molecular flexibility index (Phi) is 4.48. The van der Waals surface area contributed by atoms with Crippen molar-refractivity contribution in [2.75, 3.05) is 26.6 Å². The van der Waals surface area contributed by atoms with Crippen molar-refractivity contribution < 1.29 is 9.47 Å². The second kappa shape index (κ2) is 6.31. The molecule has 102 valence electrons. The van der Waals surface area contributed by atoms with Crippen LogP contribution in [0.15, 0.2) is 30.9 Å². The van der Waals surface area contributed by atoms with Crippen LogP contribution < -0.4 is 5.73 Å². The normalized spacial score (nSPS) is 12.5. The number of nitrogens with two attached hydrogens (primary N) is 1. The molecule has 0 aliphatic rings. The Balaban J connectivity index is 2.22. The maximum absolute atomic E-state index is 5.70. The lowest BCUT2D eigenvalue weighted by atomic mass is 10.2. The minimum atomic E-state index is -0.0165. The van der Waals surface area contributed by atoms with Crippen molar-refractivity contribution in [1.29, 1.82) is 0 Å². The summed E-state index contributed by atoms with van der Waals surface area (Å²) >= 11 is 0. The summed E-state index contributed by atoms with van der Waals surface area (Å²) in [4.78, 5) is 8.17. The van der Waals surface area contributed by atoms with Gasteiger partial charge in [-0.15, -0.1) is 0 Å². The molecule has 0 amide bonds. The van der Waals surface area contributed by atoms with Crippen LogP contribution in [-0.4, -0.2) is 41.5 Å². The van der Waals surface area contributed by atoms with E-state index in [0.717, 1.165) is 11.3 Å². The summed E-state index contributed by atoms with van der Waals surface area (Å²) in [5.41, 5.74) is 7.67. The number of methoxy groups -OCH3 is 2. The Morgan fingerprint density at radius 2 is 2.26 bits per heavy atom. The van der Waals surface area contributed by atoms with Crippen LogP contribution in [0.2, 0.25) is 0 Å². The molecular weight excluding hydrogens is 244 g/mol. The van der Waals surface area contributed by atoms with Gasteiger partial charge in [0.1, 0.15) is 5.82 Å². The zero-order valence-electron chi connectivity index (χ0n) is 11.1. The third-order valence-electron chi connectivity index (χ3n) is 2.88. The number of rotatable bonds is 6. The van der Waals surface area contributed by atoms with E-state index in [-0.39, 0.29) is 6.10 Å². The highest BCUT2D eigenvalue weighted by molar-refractivity contribution is 5.61. The van der Waals surface area contributed by atoms with Crippen LogP contribution in [0.4, 0.5) is 5.82 Å². The first-order chi connectivity index (χ1) is 9.24. The Morgan fingerprint density at radius 1 is 1.42 bits per heavy atom. The molecule has 0 radical (unpaired) electrons. The van der Waals surface area contributed by atoms with Gasteiger partial charge in [0.25, 0.3) is 0 Å². The van der Waals surface area contributed by atoms with Gasteiger partial charge in [-0.1, -0.05) is 0 Å². The van der Waals surface area contributed by atoms with Gasteiger partial charge >= 0.3 is 0 Å². The summed E-state index contributed by atoms with van der Waals surface area (Å²) in [5.74, 6) is 0.491. The first-order valence-corrected chi connectivity index (χ1v) is 5.98. The van der Waals surface area contributed by atoms with E-state index in [9.17, 15) is 0 Å². The number of imidazole rings is 1. The zero-order chi connectivity index (χ0) is 13.7. The van der Waals surface area contributed by atoms with Gasteiger partial charge in [0.15, 0.2) is 0 Å². The van der Waals surface area contributed by atoms with Crippen molar-refractivity contribution in [2.45, 2.75) is 12.6 Å². The SMILES string of the molecule is COCC(Cn1cncc1-c1ccnc(N)c1)OC. The molecule has 0 spiro atoms. The molecule has 0 aliphatic carbocycles. The molecule has 2 heterocycles. The van der Waals surface area contributed by atoms with E-state index in [4.69, 9.17) is 15.2 Å². The van der Waals surface area contributed by atoms with Crippen molar-refractivity contribution in [3.8, 4) is 11.3 Å². The van der Waals surface area contributed by atoms with Gasteiger partial charge in [0.05, 0.1) is 37.5 Å². The van der Waals surface area contributed by atoms with E-state index in [1.807, 2.05) is 16.7 Å². The van der Waals surface area contributed by atoms with Crippen molar-refractivity contribution >= 4 is 5.82 Å². The second-order valence-electron chi connectivity index (χ2n) is 4.21. The summed E-state index contributed by atoms with van der Waals surface area (Å²) in [6.07, 6.45) is 5.24. The summed E-state index contributed by atoms with van der Waals surface area (Å²) in [6, 6.07) is 3.73. The van der Waals surface area contributed by atoms with Gasteiger partial charge in [-0.3, -0.25) is 0 Å². The highest BCUT2D eigenvalue weighted by Crippen LogP contribution is 2.20. The number of ether oxygens (including phenoxy) is 2. The molecule has 0 bridgehead atoms. The van der Waals surface area contributed by atoms with E-state index < -0.39 is 0 Å². The van der Waals surface area contributed by atoms with Crippen LogP contribution in [0.3, 0.4) is 0 Å². The minimum Gasteiger partial charge on any atom is -0.384 e. The molecule has 0 saturated heterocycles. The number of hydrogen-bond donors (Lipinski definition) is 1. The van der Waals surface area contributed by atoms with Crippen LogP contribution in [0.1, 0.15) is 0 Å².